The molecule has 0 aromatic heterocycles. The second-order valence-corrected chi connectivity index (χ2v) is 5.93. The zero-order valence-electron chi connectivity index (χ0n) is 11.1. The number of nitrogens with zero attached hydrogens (tertiary/aromatic N) is 1. The molecule has 0 saturated heterocycles. The van der Waals surface area contributed by atoms with Crippen molar-refractivity contribution in [2.45, 2.75) is 46.5 Å². The van der Waals surface area contributed by atoms with E-state index in [9.17, 15) is 0 Å². The first-order valence-corrected chi connectivity index (χ1v) is 6.79. The fraction of sp³-hybridized carbons (Fsp3) is 0.562. The van der Waals surface area contributed by atoms with Gasteiger partial charge in [-0.3, -0.25) is 4.99 Å². The number of fused-ring (bicyclic) bond motifs is 2. The molecule has 0 spiro atoms. The molecule has 0 N–H and O–H groups in total. The lowest BCUT2D eigenvalue weighted by atomic mass is 9.98. The summed E-state index contributed by atoms with van der Waals surface area (Å²) in [6.07, 6.45) is 5.49. The van der Waals surface area contributed by atoms with Crippen molar-refractivity contribution in [1.82, 2.24) is 0 Å². The first kappa shape index (κ1) is 11.0. The molecule has 0 radical (unpaired) electrons. The van der Waals surface area contributed by atoms with E-state index in [1.54, 1.807) is 0 Å². The average Bonchev–Trinajstić information content (AvgIpc) is 2.84. The Morgan fingerprint density at radius 1 is 1.06 bits per heavy atom. The third kappa shape index (κ3) is 1.92. The monoisotopic (exact) mass is 227 g/mol. The molecule has 2 aliphatic rings. The Morgan fingerprint density at radius 3 is 2.29 bits per heavy atom. The van der Waals surface area contributed by atoms with Crippen LogP contribution in [0, 0.1) is 32.6 Å². The predicted octanol–water partition coefficient (Wildman–Crippen LogP) is 4.50. The van der Waals surface area contributed by atoms with E-state index in [4.69, 9.17) is 4.99 Å². The quantitative estimate of drug-likeness (QED) is 0.669. The average molecular weight is 227 g/mol. The van der Waals surface area contributed by atoms with Crippen LogP contribution in [0.3, 0.4) is 0 Å². The molecule has 90 valence electrons. The van der Waals surface area contributed by atoms with Gasteiger partial charge in [0.15, 0.2) is 0 Å². The normalized spacial score (nSPS) is 29.2. The summed E-state index contributed by atoms with van der Waals surface area (Å²) in [5, 5.41) is 0. The van der Waals surface area contributed by atoms with Gasteiger partial charge in [0, 0.05) is 5.71 Å². The second-order valence-electron chi connectivity index (χ2n) is 5.93. The number of benzene rings is 1. The van der Waals surface area contributed by atoms with Crippen molar-refractivity contribution in [3.05, 3.63) is 28.8 Å². The van der Waals surface area contributed by atoms with Gasteiger partial charge in [-0.1, -0.05) is 17.7 Å². The number of hydrogen-bond acceptors (Lipinski definition) is 1. The molecular weight excluding hydrogens is 206 g/mol. The summed E-state index contributed by atoms with van der Waals surface area (Å²) in [7, 11) is 0. The maximum atomic E-state index is 5.00. The molecule has 0 heterocycles. The number of hydrogen-bond donors (Lipinski definition) is 0. The summed E-state index contributed by atoms with van der Waals surface area (Å²) >= 11 is 0. The highest BCUT2D eigenvalue weighted by Gasteiger charge is 2.36. The molecule has 17 heavy (non-hydrogen) atoms. The molecule has 2 fully saturated rings. The van der Waals surface area contributed by atoms with Crippen molar-refractivity contribution in [3.8, 4) is 0 Å². The van der Waals surface area contributed by atoms with Crippen molar-refractivity contribution >= 4 is 11.4 Å². The third-order valence-electron chi connectivity index (χ3n) is 4.40. The summed E-state index contributed by atoms with van der Waals surface area (Å²) in [6.45, 7) is 6.54. The Morgan fingerprint density at radius 2 is 1.76 bits per heavy atom. The molecule has 2 saturated carbocycles. The maximum absolute atomic E-state index is 5.00. The third-order valence-corrected chi connectivity index (χ3v) is 4.40. The van der Waals surface area contributed by atoms with Crippen molar-refractivity contribution in [3.63, 3.8) is 0 Å². The van der Waals surface area contributed by atoms with Gasteiger partial charge in [0.05, 0.1) is 5.69 Å². The van der Waals surface area contributed by atoms with Crippen LogP contribution >= 0.6 is 0 Å². The van der Waals surface area contributed by atoms with E-state index < -0.39 is 0 Å². The SMILES string of the molecule is Cc1cc(C)c(/N=C2/C[C@@H]3CCC2C3)c(C)c1. The lowest BCUT2D eigenvalue weighted by molar-refractivity contribution is 0.592. The molecule has 1 heteroatoms. The number of aliphatic imine (C=N–C) groups is 1. The zero-order chi connectivity index (χ0) is 12.0. The van der Waals surface area contributed by atoms with Crippen LogP contribution in [0.4, 0.5) is 5.69 Å². The molecule has 0 amide bonds. The largest absolute Gasteiger partial charge is 0.257 e. The van der Waals surface area contributed by atoms with Crippen LogP contribution in [0.15, 0.2) is 17.1 Å². The predicted molar refractivity (Wildman–Crippen MR) is 73.2 cm³/mol. The minimum atomic E-state index is 0.806. The van der Waals surface area contributed by atoms with E-state index in [-0.39, 0.29) is 0 Å². The Bertz CT molecular complexity index is 461. The maximum Gasteiger partial charge on any atom is 0.0687 e. The molecule has 1 unspecified atom stereocenters. The van der Waals surface area contributed by atoms with E-state index in [1.807, 2.05) is 0 Å². The minimum absolute atomic E-state index is 0.806. The van der Waals surface area contributed by atoms with Crippen molar-refractivity contribution in [2.24, 2.45) is 16.8 Å². The second kappa shape index (κ2) is 3.97. The van der Waals surface area contributed by atoms with Gasteiger partial charge >= 0.3 is 0 Å². The van der Waals surface area contributed by atoms with Gasteiger partial charge in [0.1, 0.15) is 0 Å². The standard InChI is InChI=1S/C16H21N/c1-10-6-11(2)16(12(3)7-10)17-15-9-13-4-5-14(15)8-13/h6-7,13-14H,4-5,8-9H2,1-3H3/b17-15-/t13-,14?/m1/s1. The molecule has 3 rings (SSSR count). The van der Waals surface area contributed by atoms with E-state index >= 15 is 0 Å². The van der Waals surface area contributed by atoms with Gasteiger partial charge in [-0.2, -0.15) is 0 Å². The van der Waals surface area contributed by atoms with Gasteiger partial charge in [-0.05, 0) is 69.4 Å². The summed E-state index contributed by atoms with van der Waals surface area (Å²) in [5.74, 6) is 1.75. The Hall–Kier alpha value is -1.11. The van der Waals surface area contributed by atoms with E-state index in [0.717, 1.165) is 11.8 Å². The summed E-state index contributed by atoms with van der Waals surface area (Å²) < 4.78 is 0. The first-order valence-electron chi connectivity index (χ1n) is 6.79. The Kier molecular flexibility index (Phi) is 2.57. The highest BCUT2D eigenvalue weighted by atomic mass is 14.8. The lowest BCUT2D eigenvalue weighted by Crippen LogP contribution is -2.08. The van der Waals surface area contributed by atoms with E-state index in [0.29, 0.717) is 0 Å². The molecular formula is C16H21N. The van der Waals surface area contributed by atoms with Crippen LogP contribution in [0.25, 0.3) is 0 Å². The minimum Gasteiger partial charge on any atom is -0.257 e. The van der Waals surface area contributed by atoms with Crippen molar-refractivity contribution in [2.75, 3.05) is 0 Å². The zero-order valence-corrected chi connectivity index (χ0v) is 11.1. The number of rotatable bonds is 1. The van der Waals surface area contributed by atoms with Gasteiger partial charge in [-0.25, -0.2) is 0 Å². The van der Waals surface area contributed by atoms with Crippen molar-refractivity contribution in [1.29, 1.82) is 0 Å². The van der Waals surface area contributed by atoms with Crippen LogP contribution in [-0.2, 0) is 0 Å². The molecule has 2 atom stereocenters. The molecule has 1 nitrogen and oxygen atoms in total. The van der Waals surface area contributed by atoms with Crippen LogP contribution in [-0.4, -0.2) is 5.71 Å². The van der Waals surface area contributed by atoms with Crippen LogP contribution in [0.2, 0.25) is 0 Å². The van der Waals surface area contributed by atoms with Crippen LogP contribution in [0.5, 0.6) is 0 Å². The van der Waals surface area contributed by atoms with Gasteiger partial charge in [0.2, 0.25) is 0 Å². The summed E-state index contributed by atoms with van der Waals surface area (Å²) in [6, 6.07) is 4.50. The van der Waals surface area contributed by atoms with Gasteiger partial charge < -0.3 is 0 Å². The summed E-state index contributed by atoms with van der Waals surface area (Å²) in [4.78, 5) is 5.00. The molecule has 2 aliphatic carbocycles. The van der Waals surface area contributed by atoms with Crippen LogP contribution < -0.4 is 0 Å². The topological polar surface area (TPSA) is 12.4 Å². The van der Waals surface area contributed by atoms with E-state index in [2.05, 4.69) is 32.9 Å². The molecule has 1 aromatic carbocycles. The molecule has 0 aliphatic heterocycles. The van der Waals surface area contributed by atoms with E-state index in [1.165, 1.54) is 53.8 Å². The van der Waals surface area contributed by atoms with Gasteiger partial charge in [0.25, 0.3) is 0 Å². The lowest BCUT2D eigenvalue weighted by Gasteiger charge is -2.14. The summed E-state index contributed by atoms with van der Waals surface area (Å²) in [5.41, 5.74) is 6.72. The smallest absolute Gasteiger partial charge is 0.0687 e. The fourth-order valence-electron chi connectivity index (χ4n) is 3.65. The molecule has 1 aromatic rings. The van der Waals surface area contributed by atoms with Gasteiger partial charge in [-0.15, -0.1) is 0 Å². The molecule has 2 bridgehead atoms. The highest BCUT2D eigenvalue weighted by Crippen LogP contribution is 2.43. The Labute approximate surface area is 104 Å². The van der Waals surface area contributed by atoms with Crippen molar-refractivity contribution < 1.29 is 0 Å². The fourth-order valence-corrected chi connectivity index (χ4v) is 3.65. The highest BCUT2D eigenvalue weighted by molar-refractivity contribution is 5.92. The number of aryl methyl sites for hydroxylation is 3. The Balaban J connectivity index is 1.98. The van der Waals surface area contributed by atoms with Crippen LogP contribution in [0.1, 0.15) is 42.4 Å². The first-order chi connectivity index (χ1) is 8.13.